The van der Waals surface area contributed by atoms with E-state index in [1.165, 1.54) is 0 Å². The number of fused-ring (bicyclic) bond motifs is 1. The normalized spacial score (nSPS) is 11.7. The maximum atomic E-state index is 13.8. The van der Waals surface area contributed by atoms with Gasteiger partial charge >= 0.3 is 0 Å². The highest BCUT2D eigenvalue weighted by atomic mass is 35.5. The number of rotatable bonds is 4. The van der Waals surface area contributed by atoms with Crippen LogP contribution in [-0.2, 0) is 6.54 Å². The van der Waals surface area contributed by atoms with Gasteiger partial charge in [-0.3, -0.25) is 0 Å². The van der Waals surface area contributed by atoms with Crippen LogP contribution in [0.1, 0.15) is 25.2 Å². The van der Waals surface area contributed by atoms with Crippen LogP contribution in [0.5, 0.6) is 0 Å². The smallest absolute Gasteiger partial charge is 0.184 e. The van der Waals surface area contributed by atoms with E-state index < -0.39 is 5.82 Å². The van der Waals surface area contributed by atoms with Gasteiger partial charge in [0.05, 0.1) is 11.6 Å². The molecule has 0 bridgehead atoms. The number of furan rings is 1. The third-order valence-corrected chi connectivity index (χ3v) is 3.23. The van der Waals surface area contributed by atoms with Crippen LogP contribution in [0.15, 0.2) is 16.5 Å². The van der Waals surface area contributed by atoms with E-state index in [9.17, 15) is 4.39 Å². The number of nitrogens with one attached hydrogen (secondary N) is 1. The molecule has 0 fully saturated rings. The minimum absolute atomic E-state index is 0.0953. The number of hydrogen-bond donors (Lipinski definition) is 1. The Bertz CT molecular complexity index is 562. The second kappa shape index (κ2) is 5.29. The maximum absolute atomic E-state index is 13.8. The van der Waals surface area contributed by atoms with Crippen molar-refractivity contribution in [2.45, 2.75) is 27.3 Å². The predicted molar refractivity (Wildman–Crippen MR) is 72.5 cm³/mol. The van der Waals surface area contributed by atoms with Crippen LogP contribution in [0, 0.1) is 18.7 Å². The molecule has 4 heteroatoms. The lowest BCUT2D eigenvalue weighted by Crippen LogP contribution is -2.18. The first-order valence-electron chi connectivity index (χ1n) is 6.07. The monoisotopic (exact) mass is 269 g/mol. The Kier molecular flexibility index (Phi) is 3.93. The predicted octanol–water partition coefficient (Wildman–Crippen LogP) is 4.28. The summed E-state index contributed by atoms with van der Waals surface area (Å²) in [6.07, 6.45) is 0. The quantitative estimate of drug-likeness (QED) is 0.896. The van der Waals surface area contributed by atoms with Crippen LogP contribution in [0.4, 0.5) is 4.39 Å². The Labute approximate surface area is 111 Å². The second-order valence-corrected chi connectivity index (χ2v) is 5.32. The summed E-state index contributed by atoms with van der Waals surface area (Å²) in [6, 6.07) is 3.36. The van der Waals surface area contributed by atoms with Crippen molar-refractivity contribution in [3.63, 3.8) is 0 Å². The summed E-state index contributed by atoms with van der Waals surface area (Å²) < 4.78 is 19.4. The lowest BCUT2D eigenvalue weighted by Gasteiger charge is -2.05. The first-order valence-corrected chi connectivity index (χ1v) is 6.45. The molecule has 98 valence electrons. The third kappa shape index (κ3) is 2.52. The SMILES string of the molecule is Cc1c(CNCC(C)C)oc2c(F)c(Cl)ccc12. The molecule has 1 aromatic heterocycles. The average molecular weight is 270 g/mol. The van der Waals surface area contributed by atoms with E-state index >= 15 is 0 Å². The minimum Gasteiger partial charge on any atom is -0.456 e. The zero-order valence-corrected chi connectivity index (χ0v) is 11.6. The first-order chi connectivity index (χ1) is 8.50. The topological polar surface area (TPSA) is 25.2 Å². The Morgan fingerprint density at radius 3 is 2.78 bits per heavy atom. The maximum Gasteiger partial charge on any atom is 0.184 e. The lowest BCUT2D eigenvalue weighted by atomic mass is 10.1. The van der Waals surface area contributed by atoms with Crippen LogP contribution >= 0.6 is 11.6 Å². The molecule has 0 radical (unpaired) electrons. The van der Waals surface area contributed by atoms with Gasteiger partial charge in [0, 0.05) is 5.39 Å². The molecule has 0 aliphatic carbocycles. The van der Waals surface area contributed by atoms with Gasteiger partial charge < -0.3 is 9.73 Å². The van der Waals surface area contributed by atoms with Crippen LogP contribution in [0.2, 0.25) is 5.02 Å². The molecule has 0 aliphatic heterocycles. The van der Waals surface area contributed by atoms with E-state index in [0.717, 1.165) is 23.3 Å². The van der Waals surface area contributed by atoms with Crippen molar-refractivity contribution < 1.29 is 8.81 Å². The molecule has 0 aliphatic rings. The molecule has 0 saturated heterocycles. The van der Waals surface area contributed by atoms with Crippen LogP contribution < -0.4 is 5.32 Å². The van der Waals surface area contributed by atoms with Gasteiger partial charge in [-0.2, -0.15) is 0 Å². The molecule has 0 unspecified atom stereocenters. The van der Waals surface area contributed by atoms with Gasteiger partial charge in [-0.25, -0.2) is 4.39 Å². The zero-order chi connectivity index (χ0) is 13.3. The third-order valence-electron chi connectivity index (χ3n) is 2.94. The average Bonchev–Trinajstić information content (AvgIpc) is 2.62. The van der Waals surface area contributed by atoms with Crippen LogP contribution in [-0.4, -0.2) is 6.54 Å². The minimum atomic E-state index is -0.479. The summed E-state index contributed by atoms with van der Waals surface area (Å²) in [6.45, 7) is 7.72. The number of benzene rings is 1. The van der Waals surface area contributed by atoms with E-state index in [0.29, 0.717) is 12.5 Å². The van der Waals surface area contributed by atoms with Gasteiger partial charge in [0.25, 0.3) is 0 Å². The summed E-state index contributed by atoms with van der Waals surface area (Å²) in [5, 5.41) is 4.17. The molecular weight excluding hydrogens is 253 g/mol. The van der Waals surface area contributed by atoms with Crippen molar-refractivity contribution in [2.75, 3.05) is 6.54 Å². The lowest BCUT2D eigenvalue weighted by molar-refractivity contribution is 0.472. The van der Waals surface area contributed by atoms with Crippen molar-refractivity contribution in [1.29, 1.82) is 0 Å². The van der Waals surface area contributed by atoms with Gasteiger partial charge in [-0.1, -0.05) is 25.4 Å². The Hall–Kier alpha value is -1.06. The number of aryl methyl sites for hydroxylation is 1. The number of halogens is 2. The van der Waals surface area contributed by atoms with E-state index in [1.54, 1.807) is 12.1 Å². The van der Waals surface area contributed by atoms with Gasteiger partial charge in [0.2, 0.25) is 0 Å². The molecule has 2 rings (SSSR count). The highest BCUT2D eigenvalue weighted by molar-refractivity contribution is 6.31. The Morgan fingerprint density at radius 1 is 1.39 bits per heavy atom. The van der Waals surface area contributed by atoms with Crippen LogP contribution in [0.3, 0.4) is 0 Å². The fourth-order valence-corrected chi connectivity index (χ4v) is 2.07. The molecular formula is C14H17ClFNO. The van der Waals surface area contributed by atoms with Crippen molar-refractivity contribution >= 4 is 22.6 Å². The molecule has 2 aromatic rings. The molecule has 0 saturated carbocycles. The van der Waals surface area contributed by atoms with E-state index in [4.69, 9.17) is 16.0 Å². The molecule has 1 heterocycles. The summed E-state index contributed by atoms with van der Waals surface area (Å²) in [5.41, 5.74) is 1.22. The Balaban J connectivity index is 2.30. The zero-order valence-electron chi connectivity index (χ0n) is 10.8. The van der Waals surface area contributed by atoms with Crippen molar-refractivity contribution in [2.24, 2.45) is 5.92 Å². The van der Waals surface area contributed by atoms with Crippen molar-refractivity contribution in [3.05, 3.63) is 34.3 Å². The molecule has 18 heavy (non-hydrogen) atoms. The molecule has 0 atom stereocenters. The van der Waals surface area contributed by atoms with Gasteiger partial charge in [0.1, 0.15) is 5.76 Å². The summed E-state index contributed by atoms with van der Waals surface area (Å²) in [7, 11) is 0. The molecule has 1 aromatic carbocycles. The molecule has 0 spiro atoms. The van der Waals surface area contributed by atoms with E-state index in [2.05, 4.69) is 19.2 Å². The summed E-state index contributed by atoms with van der Waals surface area (Å²) in [5.74, 6) is 0.861. The van der Waals surface area contributed by atoms with Gasteiger partial charge in [-0.05, 0) is 37.1 Å². The fraction of sp³-hybridized carbons (Fsp3) is 0.429. The summed E-state index contributed by atoms with van der Waals surface area (Å²) in [4.78, 5) is 0. The van der Waals surface area contributed by atoms with Gasteiger partial charge in [0.15, 0.2) is 11.4 Å². The molecule has 2 nitrogen and oxygen atoms in total. The van der Waals surface area contributed by atoms with Gasteiger partial charge in [-0.15, -0.1) is 0 Å². The second-order valence-electron chi connectivity index (χ2n) is 4.91. The van der Waals surface area contributed by atoms with Crippen LogP contribution in [0.25, 0.3) is 11.0 Å². The van der Waals surface area contributed by atoms with E-state index in [1.807, 2.05) is 6.92 Å². The standard InChI is InChI=1S/C14H17ClFNO/c1-8(2)6-17-7-12-9(3)10-4-5-11(15)13(16)14(10)18-12/h4-5,8,17H,6-7H2,1-3H3. The van der Waals surface area contributed by atoms with E-state index in [-0.39, 0.29) is 10.6 Å². The fourth-order valence-electron chi connectivity index (χ4n) is 1.92. The largest absolute Gasteiger partial charge is 0.456 e. The van der Waals surface area contributed by atoms with Crippen molar-refractivity contribution in [3.8, 4) is 0 Å². The Morgan fingerprint density at radius 2 is 2.11 bits per heavy atom. The molecule has 0 amide bonds. The first kappa shape index (κ1) is 13.4. The highest BCUT2D eigenvalue weighted by Gasteiger charge is 2.15. The molecule has 1 N–H and O–H groups in total. The highest BCUT2D eigenvalue weighted by Crippen LogP contribution is 2.30. The number of hydrogen-bond acceptors (Lipinski definition) is 2. The summed E-state index contributed by atoms with van der Waals surface area (Å²) >= 11 is 5.74. The van der Waals surface area contributed by atoms with Crippen molar-refractivity contribution in [1.82, 2.24) is 5.32 Å².